The summed E-state index contributed by atoms with van der Waals surface area (Å²) in [4.78, 5) is 20.1. The zero-order chi connectivity index (χ0) is 18.3. The molecule has 1 saturated heterocycles. The molecule has 0 atom stereocenters. The Balaban J connectivity index is 1.69. The van der Waals surface area contributed by atoms with E-state index in [1.54, 1.807) is 13.0 Å². The Morgan fingerprint density at radius 1 is 1.08 bits per heavy atom. The molecule has 4 rings (SSSR count). The number of imidazole rings is 1. The molecule has 2 aromatic carbocycles. The number of hydrogen-bond acceptors (Lipinski definition) is 3. The second-order valence-electron chi connectivity index (χ2n) is 6.64. The number of para-hydroxylation sites is 2. The minimum atomic E-state index is -0.283. The summed E-state index contributed by atoms with van der Waals surface area (Å²) in [5.41, 5.74) is 3.28. The van der Waals surface area contributed by atoms with Gasteiger partial charge in [-0.2, -0.15) is 0 Å². The number of halogens is 1. The molecule has 6 heteroatoms. The van der Waals surface area contributed by atoms with Crippen molar-refractivity contribution >= 4 is 22.6 Å². The number of carbonyl (C=O) groups excluding carboxylic acids is 1. The third-order valence-electron chi connectivity index (χ3n) is 5.07. The van der Waals surface area contributed by atoms with E-state index in [1.807, 2.05) is 46.8 Å². The average molecular weight is 352 g/mol. The van der Waals surface area contributed by atoms with Crippen LogP contribution in [-0.2, 0) is 11.8 Å². The van der Waals surface area contributed by atoms with Gasteiger partial charge in [0, 0.05) is 45.8 Å². The summed E-state index contributed by atoms with van der Waals surface area (Å²) in [6, 6.07) is 13.0. The van der Waals surface area contributed by atoms with Crippen LogP contribution in [0.5, 0.6) is 0 Å². The molecule has 1 amide bonds. The molecule has 3 aromatic rings. The lowest BCUT2D eigenvalue weighted by Gasteiger charge is -2.35. The van der Waals surface area contributed by atoms with Crippen LogP contribution >= 0.6 is 0 Å². The van der Waals surface area contributed by atoms with Crippen LogP contribution in [0.25, 0.3) is 22.4 Å². The van der Waals surface area contributed by atoms with Gasteiger partial charge in [0.1, 0.15) is 11.6 Å². The van der Waals surface area contributed by atoms with Crippen molar-refractivity contribution in [3.8, 4) is 11.4 Å². The van der Waals surface area contributed by atoms with Crippen LogP contribution in [0.4, 0.5) is 10.1 Å². The highest BCUT2D eigenvalue weighted by atomic mass is 19.1. The van der Waals surface area contributed by atoms with Gasteiger partial charge in [-0.25, -0.2) is 9.37 Å². The highest BCUT2D eigenvalue weighted by molar-refractivity contribution is 5.81. The molecule has 1 aliphatic heterocycles. The van der Waals surface area contributed by atoms with Crippen molar-refractivity contribution in [2.75, 3.05) is 31.1 Å². The standard InChI is InChI=1S/C20H21FN4O/c1-14(26)24-9-11-25(12-10-24)15-7-8-17(21)16(13-15)20-22-18-5-3-4-6-19(18)23(20)2/h3-8,13H,9-12H2,1-2H3. The van der Waals surface area contributed by atoms with E-state index in [4.69, 9.17) is 0 Å². The molecule has 134 valence electrons. The lowest BCUT2D eigenvalue weighted by atomic mass is 10.1. The SMILES string of the molecule is CC(=O)N1CCN(c2ccc(F)c(-c3nc4ccccc4n3C)c2)CC1. The van der Waals surface area contributed by atoms with Crippen molar-refractivity contribution in [2.45, 2.75) is 6.92 Å². The van der Waals surface area contributed by atoms with Crippen molar-refractivity contribution < 1.29 is 9.18 Å². The predicted octanol–water partition coefficient (Wildman–Crippen LogP) is 3.05. The third-order valence-corrected chi connectivity index (χ3v) is 5.07. The molecule has 0 bridgehead atoms. The Morgan fingerprint density at radius 3 is 2.50 bits per heavy atom. The molecule has 1 aromatic heterocycles. The summed E-state index contributed by atoms with van der Waals surface area (Å²) < 4.78 is 16.5. The maximum Gasteiger partial charge on any atom is 0.219 e. The van der Waals surface area contributed by atoms with Gasteiger partial charge in [0.2, 0.25) is 5.91 Å². The van der Waals surface area contributed by atoms with E-state index in [9.17, 15) is 9.18 Å². The van der Waals surface area contributed by atoms with Gasteiger partial charge < -0.3 is 14.4 Å². The molecule has 26 heavy (non-hydrogen) atoms. The van der Waals surface area contributed by atoms with Crippen molar-refractivity contribution in [1.29, 1.82) is 0 Å². The second-order valence-corrected chi connectivity index (χ2v) is 6.64. The van der Waals surface area contributed by atoms with Crippen LogP contribution in [0.15, 0.2) is 42.5 Å². The molecular formula is C20H21FN4O. The molecule has 2 heterocycles. The summed E-state index contributed by atoms with van der Waals surface area (Å²) >= 11 is 0. The minimum Gasteiger partial charge on any atom is -0.368 e. The first-order chi connectivity index (χ1) is 12.5. The molecule has 0 N–H and O–H groups in total. The van der Waals surface area contributed by atoms with Gasteiger partial charge in [-0.05, 0) is 30.3 Å². The molecular weight excluding hydrogens is 331 g/mol. The normalized spacial score (nSPS) is 14.9. The summed E-state index contributed by atoms with van der Waals surface area (Å²) in [6.45, 7) is 4.46. The van der Waals surface area contributed by atoms with E-state index >= 15 is 0 Å². The maximum absolute atomic E-state index is 14.6. The number of anilines is 1. The van der Waals surface area contributed by atoms with Gasteiger partial charge in [0.25, 0.3) is 0 Å². The molecule has 0 aliphatic carbocycles. The zero-order valence-corrected chi connectivity index (χ0v) is 14.9. The van der Waals surface area contributed by atoms with Crippen LogP contribution < -0.4 is 4.90 Å². The van der Waals surface area contributed by atoms with Crippen LogP contribution in [0.2, 0.25) is 0 Å². The summed E-state index contributed by atoms with van der Waals surface area (Å²) in [7, 11) is 1.91. The van der Waals surface area contributed by atoms with Crippen LogP contribution in [-0.4, -0.2) is 46.5 Å². The number of hydrogen-bond donors (Lipinski definition) is 0. The maximum atomic E-state index is 14.6. The number of amides is 1. The van der Waals surface area contributed by atoms with Crippen LogP contribution in [0.1, 0.15) is 6.92 Å². The Kier molecular flexibility index (Phi) is 4.11. The molecule has 0 spiro atoms. The Labute approximate surface area is 151 Å². The Bertz CT molecular complexity index is 973. The highest BCUT2D eigenvalue weighted by Crippen LogP contribution is 2.30. The van der Waals surface area contributed by atoms with Crippen molar-refractivity contribution in [3.05, 3.63) is 48.3 Å². The van der Waals surface area contributed by atoms with Gasteiger partial charge >= 0.3 is 0 Å². The van der Waals surface area contributed by atoms with Crippen molar-refractivity contribution in [2.24, 2.45) is 7.05 Å². The van der Waals surface area contributed by atoms with Gasteiger partial charge in [-0.15, -0.1) is 0 Å². The van der Waals surface area contributed by atoms with E-state index < -0.39 is 0 Å². The number of carbonyl (C=O) groups is 1. The number of fused-ring (bicyclic) bond motifs is 1. The molecule has 1 aliphatic rings. The third kappa shape index (κ3) is 2.81. The van der Waals surface area contributed by atoms with Gasteiger partial charge in [-0.1, -0.05) is 12.1 Å². The van der Waals surface area contributed by atoms with Gasteiger partial charge in [0.05, 0.1) is 16.6 Å². The lowest BCUT2D eigenvalue weighted by molar-refractivity contribution is -0.129. The number of benzene rings is 2. The number of aryl methyl sites for hydroxylation is 1. The quantitative estimate of drug-likeness (QED) is 0.712. The predicted molar refractivity (Wildman–Crippen MR) is 101 cm³/mol. The van der Waals surface area contributed by atoms with E-state index in [-0.39, 0.29) is 11.7 Å². The molecule has 5 nitrogen and oxygen atoms in total. The molecule has 1 fully saturated rings. The summed E-state index contributed by atoms with van der Waals surface area (Å²) in [5.74, 6) is 0.437. The molecule has 0 unspecified atom stereocenters. The van der Waals surface area contributed by atoms with Crippen LogP contribution in [0, 0.1) is 5.82 Å². The monoisotopic (exact) mass is 352 g/mol. The molecule has 0 radical (unpaired) electrons. The first-order valence-electron chi connectivity index (χ1n) is 8.76. The fourth-order valence-electron chi connectivity index (χ4n) is 3.55. The Morgan fingerprint density at radius 2 is 1.81 bits per heavy atom. The Hall–Kier alpha value is -2.89. The zero-order valence-electron chi connectivity index (χ0n) is 14.9. The van der Waals surface area contributed by atoms with Gasteiger partial charge in [0.15, 0.2) is 0 Å². The van der Waals surface area contributed by atoms with Crippen LogP contribution in [0.3, 0.4) is 0 Å². The largest absolute Gasteiger partial charge is 0.368 e. The number of aromatic nitrogens is 2. The minimum absolute atomic E-state index is 0.101. The number of rotatable bonds is 2. The van der Waals surface area contributed by atoms with E-state index in [2.05, 4.69) is 9.88 Å². The smallest absolute Gasteiger partial charge is 0.219 e. The van der Waals surface area contributed by atoms with E-state index in [1.165, 1.54) is 6.07 Å². The fraction of sp³-hybridized carbons (Fsp3) is 0.300. The van der Waals surface area contributed by atoms with Gasteiger partial charge in [-0.3, -0.25) is 4.79 Å². The first kappa shape index (κ1) is 16.6. The lowest BCUT2D eigenvalue weighted by Crippen LogP contribution is -2.48. The van der Waals surface area contributed by atoms with E-state index in [0.29, 0.717) is 24.5 Å². The van der Waals surface area contributed by atoms with Crippen molar-refractivity contribution in [1.82, 2.24) is 14.5 Å². The average Bonchev–Trinajstić information content (AvgIpc) is 2.99. The second kappa shape index (κ2) is 6.44. The topological polar surface area (TPSA) is 41.4 Å². The first-order valence-corrected chi connectivity index (χ1v) is 8.76. The summed E-state index contributed by atoms with van der Waals surface area (Å²) in [6.07, 6.45) is 0. The highest BCUT2D eigenvalue weighted by Gasteiger charge is 2.21. The fourth-order valence-corrected chi connectivity index (χ4v) is 3.55. The number of piperazine rings is 1. The van der Waals surface area contributed by atoms with E-state index in [0.717, 1.165) is 29.8 Å². The molecule has 0 saturated carbocycles. The summed E-state index contributed by atoms with van der Waals surface area (Å²) in [5, 5.41) is 0. The van der Waals surface area contributed by atoms with Crippen molar-refractivity contribution in [3.63, 3.8) is 0 Å². The number of nitrogens with zero attached hydrogens (tertiary/aromatic N) is 4.